The molecule has 4 fully saturated rings. The summed E-state index contributed by atoms with van der Waals surface area (Å²) >= 11 is 3.09. The van der Waals surface area contributed by atoms with Gasteiger partial charge in [0.25, 0.3) is 11.8 Å². The second kappa shape index (κ2) is 17.6. The number of benzene rings is 2. The number of aromatic nitrogens is 8. The highest BCUT2D eigenvalue weighted by atomic mass is 32.1. The molecule has 330 valence electrons. The Bertz CT molecular complexity index is 2930. The van der Waals surface area contributed by atoms with Gasteiger partial charge in [-0.05, 0) is 72.2 Å². The van der Waals surface area contributed by atoms with Gasteiger partial charge in [-0.3, -0.25) is 24.5 Å². The lowest BCUT2D eigenvalue weighted by Crippen LogP contribution is -2.27. The molecule has 0 spiro atoms. The van der Waals surface area contributed by atoms with E-state index >= 15 is 0 Å². The summed E-state index contributed by atoms with van der Waals surface area (Å²) < 4.78 is 27.4. The molecule has 4 aliphatic rings. The van der Waals surface area contributed by atoms with Crippen molar-refractivity contribution in [3.63, 3.8) is 0 Å². The lowest BCUT2D eigenvalue weighted by Gasteiger charge is -2.18. The Morgan fingerprint density at radius 1 is 0.615 bits per heavy atom. The van der Waals surface area contributed by atoms with Crippen molar-refractivity contribution in [2.45, 2.75) is 37.9 Å². The Labute approximate surface area is 380 Å². The number of pyridine rings is 2. The zero-order chi connectivity index (χ0) is 44.0. The van der Waals surface area contributed by atoms with Crippen LogP contribution in [0.4, 0.5) is 8.78 Å². The van der Waals surface area contributed by atoms with Gasteiger partial charge in [0, 0.05) is 74.1 Å². The molecule has 2 saturated carbocycles. The van der Waals surface area contributed by atoms with Crippen LogP contribution in [-0.4, -0.2) is 94.2 Å². The average molecular weight is 911 g/mol. The van der Waals surface area contributed by atoms with E-state index in [1.165, 1.54) is 48.0 Å². The number of carbonyl (C=O) groups is 2. The predicted octanol–water partition coefficient (Wildman–Crippen LogP) is 6.70. The first-order valence-electron chi connectivity index (χ1n) is 21.8. The summed E-state index contributed by atoms with van der Waals surface area (Å²) in [6.45, 7) is 6.08. The van der Waals surface area contributed by atoms with Crippen LogP contribution in [0.1, 0.15) is 65.9 Å². The molecule has 2 unspecified atom stereocenters. The van der Waals surface area contributed by atoms with Crippen LogP contribution in [0.25, 0.3) is 22.1 Å². The molecule has 6 atom stereocenters. The molecule has 4 N–H and O–H groups in total. The van der Waals surface area contributed by atoms with Gasteiger partial charge in [0.2, 0.25) is 0 Å². The Morgan fingerprint density at radius 2 is 1.09 bits per heavy atom. The molecular formula is C47H44F2N12O2S2. The number of piperidine rings is 2. The van der Waals surface area contributed by atoms with Gasteiger partial charge in [-0.2, -0.15) is 0 Å². The maximum atomic E-state index is 13.7. The van der Waals surface area contributed by atoms with Crippen LogP contribution in [0, 0.1) is 35.3 Å². The molecule has 0 radical (unpaired) electrons. The summed E-state index contributed by atoms with van der Waals surface area (Å²) in [4.78, 5) is 63.0. The fourth-order valence-corrected chi connectivity index (χ4v) is 11.7. The number of fused-ring (bicyclic) bond motifs is 4. The van der Waals surface area contributed by atoms with Crippen molar-refractivity contribution in [3.8, 4) is 0 Å². The standard InChI is InChI=1S/C24H23FN6OS.C23H21FN6OS/c25-16-4-3-8-26-19(16)10-27-23(32)20-13-33-24(30-20)22-14-11-31(12-15(14)22)9-7-21-28-17-5-1-2-6-18(17)29-21;24-15-4-3-7-25-18(15)8-26-22(31)19-12-32-23(29-19)21-13-9-30(10-14(13)21)11-20-27-16-5-1-2-6-17(16)28-20/h1-6,8,13-15,22H,7,9-12H2,(H,27,32)(H,28,29);1-7,12-14,21H,8-11H2,(H,26,31)(H,27,28)/t14-,15+,22?;13-,14+,21?. The van der Waals surface area contributed by atoms with Crippen LogP contribution in [0.5, 0.6) is 0 Å². The van der Waals surface area contributed by atoms with E-state index in [2.05, 4.69) is 66.4 Å². The number of thiazole rings is 2. The lowest BCUT2D eigenvalue weighted by atomic mass is 10.2. The molecule has 18 heteroatoms. The molecule has 2 amide bonds. The number of amides is 2. The molecular weight excluding hydrogens is 867 g/mol. The summed E-state index contributed by atoms with van der Waals surface area (Å²) in [6.07, 6.45) is 3.93. The van der Waals surface area contributed by atoms with E-state index in [1.54, 1.807) is 22.1 Å². The van der Waals surface area contributed by atoms with E-state index in [1.807, 2.05) is 42.5 Å². The van der Waals surface area contributed by atoms with E-state index in [9.17, 15) is 18.4 Å². The van der Waals surface area contributed by atoms with Crippen molar-refractivity contribution in [1.29, 1.82) is 0 Å². The molecule has 2 aliphatic heterocycles. The molecule has 0 bridgehead atoms. The van der Waals surface area contributed by atoms with Crippen molar-refractivity contribution in [2.75, 3.05) is 32.7 Å². The number of para-hydroxylation sites is 4. The number of carbonyl (C=O) groups excluding carboxylic acids is 2. The molecule has 14 nitrogen and oxygen atoms in total. The Hall–Kier alpha value is -6.34. The average Bonchev–Trinajstić information content (AvgIpc) is 3.91. The molecule has 65 heavy (non-hydrogen) atoms. The molecule has 2 saturated heterocycles. The number of nitrogens with one attached hydrogen (secondary N) is 4. The van der Waals surface area contributed by atoms with E-state index in [0.717, 1.165) is 89.4 Å². The number of likely N-dealkylation sites (tertiary alicyclic amines) is 2. The van der Waals surface area contributed by atoms with E-state index in [0.29, 0.717) is 46.9 Å². The number of H-pyrrole nitrogens is 2. The third kappa shape index (κ3) is 8.78. The highest BCUT2D eigenvalue weighted by Gasteiger charge is 2.58. The Balaban J connectivity index is 0.000000144. The highest BCUT2D eigenvalue weighted by molar-refractivity contribution is 7.10. The van der Waals surface area contributed by atoms with Crippen LogP contribution in [0.2, 0.25) is 0 Å². The van der Waals surface area contributed by atoms with Gasteiger partial charge in [0.15, 0.2) is 0 Å². The van der Waals surface area contributed by atoms with Crippen molar-refractivity contribution in [1.82, 2.24) is 60.3 Å². The number of aromatic amines is 2. The van der Waals surface area contributed by atoms with Crippen molar-refractivity contribution < 1.29 is 18.4 Å². The first-order valence-corrected chi connectivity index (χ1v) is 23.5. The predicted molar refractivity (Wildman–Crippen MR) is 242 cm³/mol. The summed E-state index contributed by atoms with van der Waals surface area (Å²) in [7, 11) is 0. The normalized spacial score (nSPS) is 22.1. The monoisotopic (exact) mass is 910 g/mol. The van der Waals surface area contributed by atoms with Crippen LogP contribution in [-0.2, 0) is 26.1 Å². The number of hydrogen-bond donors (Lipinski definition) is 4. The minimum Gasteiger partial charge on any atom is -0.345 e. The molecule has 6 aromatic heterocycles. The van der Waals surface area contributed by atoms with E-state index < -0.39 is 11.6 Å². The first-order chi connectivity index (χ1) is 31.8. The largest absolute Gasteiger partial charge is 0.345 e. The topological polar surface area (TPSA) is 174 Å². The van der Waals surface area contributed by atoms with Gasteiger partial charge >= 0.3 is 0 Å². The number of imidazole rings is 2. The van der Waals surface area contributed by atoms with E-state index in [-0.39, 0.29) is 36.3 Å². The zero-order valence-corrected chi connectivity index (χ0v) is 36.7. The third-order valence-corrected chi connectivity index (χ3v) is 14.9. The highest BCUT2D eigenvalue weighted by Crippen LogP contribution is 2.59. The summed E-state index contributed by atoms with van der Waals surface area (Å²) in [5.41, 5.74) is 5.42. The first kappa shape index (κ1) is 41.4. The quantitative estimate of drug-likeness (QED) is 0.0976. The zero-order valence-electron chi connectivity index (χ0n) is 35.0. The smallest absolute Gasteiger partial charge is 0.271 e. The maximum Gasteiger partial charge on any atom is 0.271 e. The van der Waals surface area contributed by atoms with Gasteiger partial charge in [0.1, 0.15) is 34.7 Å². The molecule has 2 aromatic carbocycles. The summed E-state index contributed by atoms with van der Waals surface area (Å²) in [5.74, 6) is 3.89. The molecule has 12 rings (SSSR count). The van der Waals surface area contributed by atoms with Gasteiger partial charge in [-0.15, -0.1) is 22.7 Å². The van der Waals surface area contributed by atoms with Crippen LogP contribution >= 0.6 is 22.7 Å². The Kier molecular flexibility index (Phi) is 11.2. The molecule has 8 heterocycles. The Morgan fingerprint density at radius 3 is 1.60 bits per heavy atom. The maximum absolute atomic E-state index is 13.7. The lowest BCUT2D eigenvalue weighted by molar-refractivity contribution is 0.0937. The van der Waals surface area contributed by atoms with E-state index in [4.69, 9.17) is 0 Å². The van der Waals surface area contributed by atoms with Gasteiger partial charge < -0.3 is 25.5 Å². The van der Waals surface area contributed by atoms with Gasteiger partial charge in [-0.1, -0.05) is 24.3 Å². The fourth-order valence-electron chi connectivity index (χ4n) is 9.65. The minimum absolute atomic E-state index is 0.0454. The number of halogens is 2. The number of hydrogen-bond acceptors (Lipinski definition) is 12. The minimum atomic E-state index is -0.426. The molecule has 8 aromatic rings. The second-order valence-electron chi connectivity index (χ2n) is 17.2. The van der Waals surface area contributed by atoms with Crippen molar-refractivity contribution in [3.05, 3.63) is 152 Å². The fraction of sp³-hybridized carbons (Fsp3) is 0.319. The summed E-state index contributed by atoms with van der Waals surface area (Å²) in [6, 6.07) is 21.9. The number of rotatable bonds is 13. The second-order valence-corrected chi connectivity index (χ2v) is 19.0. The third-order valence-electron chi connectivity index (χ3n) is 13.0. The van der Waals surface area contributed by atoms with Gasteiger partial charge in [-0.25, -0.2) is 28.7 Å². The number of nitrogens with zero attached hydrogens (tertiary/aromatic N) is 8. The van der Waals surface area contributed by atoms with Gasteiger partial charge in [0.05, 0.1) is 63.1 Å². The van der Waals surface area contributed by atoms with Crippen molar-refractivity contribution >= 4 is 56.6 Å². The summed E-state index contributed by atoms with van der Waals surface area (Å²) in [5, 5.41) is 11.1. The van der Waals surface area contributed by atoms with Crippen LogP contribution < -0.4 is 10.6 Å². The SMILES string of the molecule is O=C(NCc1ncccc1F)c1csc(C2[C@H]3CN(CCc4nc5ccccc5[nH]4)C[C@@H]23)n1.O=C(NCc1ncccc1F)c1csc(C2[C@H]3CN(Cc4nc5ccccc5[nH]4)C[C@@H]23)n1. The molecule has 2 aliphatic carbocycles. The van der Waals surface area contributed by atoms with Crippen LogP contribution in [0.15, 0.2) is 96.0 Å². The van der Waals surface area contributed by atoms with Crippen LogP contribution in [0.3, 0.4) is 0 Å². The van der Waals surface area contributed by atoms with Crippen molar-refractivity contribution in [2.24, 2.45) is 23.7 Å².